The van der Waals surface area contributed by atoms with Gasteiger partial charge in [0.15, 0.2) is 5.12 Å². The van der Waals surface area contributed by atoms with Crippen molar-refractivity contribution in [1.29, 1.82) is 0 Å². The van der Waals surface area contributed by atoms with Crippen molar-refractivity contribution in [1.82, 2.24) is 0 Å². The number of thioether (sulfide) groups is 1. The van der Waals surface area contributed by atoms with Gasteiger partial charge in [0.05, 0.1) is 18.4 Å². The van der Waals surface area contributed by atoms with E-state index in [1.807, 2.05) is 0 Å². The molecular weight excluding hydrogens is 227 g/mol. The van der Waals surface area contributed by atoms with Crippen molar-refractivity contribution in [3.63, 3.8) is 0 Å². The standard InChI is InChI=1S/C12H11FO2S/c1-9(14)16-7-3-4-10-8-11(13)5-6-12(10)15-2/h5-6,8H,7H2,1-2H3. The van der Waals surface area contributed by atoms with Crippen molar-refractivity contribution in [2.75, 3.05) is 12.9 Å². The summed E-state index contributed by atoms with van der Waals surface area (Å²) in [4.78, 5) is 10.6. The summed E-state index contributed by atoms with van der Waals surface area (Å²) in [5.74, 6) is 6.12. The molecule has 1 aromatic carbocycles. The number of benzene rings is 1. The largest absolute Gasteiger partial charge is 0.495 e. The van der Waals surface area contributed by atoms with Crippen LogP contribution < -0.4 is 4.74 Å². The van der Waals surface area contributed by atoms with Crippen molar-refractivity contribution in [2.45, 2.75) is 6.92 Å². The highest BCUT2D eigenvalue weighted by atomic mass is 32.2. The molecule has 0 saturated heterocycles. The molecule has 0 radical (unpaired) electrons. The summed E-state index contributed by atoms with van der Waals surface area (Å²) in [6, 6.07) is 4.15. The summed E-state index contributed by atoms with van der Waals surface area (Å²) < 4.78 is 18.0. The third kappa shape index (κ3) is 3.95. The molecular formula is C12H11FO2S. The Labute approximate surface area is 98.2 Å². The third-order valence-corrected chi connectivity index (χ3v) is 2.43. The van der Waals surface area contributed by atoms with Crippen molar-refractivity contribution < 1.29 is 13.9 Å². The average molecular weight is 238 g/mol. The number of hydrogen-bond acceptors (Lipinski definition) is 3. The molecule has 0 heterocycles. The number of ether oxygens (including phenoxy) is 1. The number of carbonyl (C=O) groups is 1. The molecule has 0 amide bonds. The highest BCUT2D eigenvalue weighted by molar-refractivity contribution is 8.13. The molecule has 0 aliphatic carbocycles. The fourth-order valence-corrected chi connectivity index (χ4v) is 1.39. The smallest absolute Gasteiger partial charge is 0.186 e. The lowest BCUT2D eigenvalue weighted by atomic mass is 10.2. The van der Waals surface area contributed by atoms with Gasteiger partial charge < -0.3 is 4.74 Å². The van der Waals surface area contributed by atoms with Crippen molar-refractivity contribution in [2.24, 2.45) is 0 Å². The van der Waals surface area contributed by atoms with Crippen molar-refractivity contribution >= 4 is 16.9 Å². The molecule has 0 atom stereocenters. The van der Waals surface area contributed by atoms with Crippen LogP contribution in [0.2, 0.25) is 0 Å². The first-order valence-electron chi connectivity index (χ1n) is 4.59. The van der Waals surface area contributed by atoms with Gasteiger partial charge in [0.25, 0.3) is 0 Å². The summed E-state index contributed by atoms with van der Waals surface area (Å²) in [6.45, 7) is 1.48. The van der Waals surface area contributed by atoms with Gasteiger partial charge in [-0.15, -0.1) is 0 Å². The van der Waals surface area contributed by atoms with Crippen LogP contribution in [0.1, 0.15) is 12.5 Å². The monoisotopic (exact) mass is 238 g/mol. The predicted molar refractivity (Wildman–Crippen MR) is 63.0 cm³/mol. The maximum Gasteiger partial charge on any atom is 0.186 e. The Morgan fingerprint density at radius 3 is 2.94 bits per heavy atom. The van der Waals surface area contributed by atoms with E-state index in [1.54, 1.807) is 0 Å². The average Bonchev–Trinajstić information content (AvgIpc) is 2.24. The molecule has 1 aromatic rings. The van der Waals surface area contributed by atoms with Gasteiger partial charge in [-0.05, 0) is 18.2 Å². The Morgan fingerprint density at radius 2 is 2.31 bits per heavy atom. The van der Waals surface area contributed by atoms with Crippen molar-refractivity contribution in [3.05, 3.63) is 29.6 Å². The van der Waals surface area contributed by atoms with E-state index >= 15 is 0 Å². The third-order valence-electron chi connectivity index (χ3n) is 1.73. The lowest BCUT2D eigenvalue weighted by Crippen LogP contribution is -1.89. The molecule has 0 aliphatic heterocycles. The molecule has 84 valence electrons. The quantitative estimate of drug-likeness (QED) is 0.740. The van der Waals surface area contributed by atoms with E-state index in [9.17, 15) is 9.18 Å². The molecule has 0 bridgehead atoms. The first-order chi connectivity index (χ1) is 7.63. The highest BCUT2D eigenvalue weighted by Gasteiger charge is 2.00. The van der Waals surface area contributed by atoms with Gasteiger partial charge in [0.2, 0.25) is 0 Å². The number of halogens is 1. The maximum absolute atomic E-state index is 12.9. The van der Waals surface area contributed by atoms with E-state index in [-0.39, 0.29) is 10.9 Å². The molecule has 0 N–H and O–H groups in total. The van der Waals surface area contributed by atoms with E-state index in [4.69, 9.17) is 4.74 Å². The zero-order valence-corrected chi connectivity index (χ0v) is 9.86. The molecule has 0 aliphatic rings. The Hall–Kier alpha value is -1.47. The van der Waals surface area contributed by atoms with Crippen LogP contribution >= 0.6 is 11.8 Å². The van der Waals surface area contributed by atoms with Crippen LogP contribution in [0.4, 0.5) is 4.39 Å². The lowest BCUT2D eigenvalue weighted by Gasteiger charge is -2.01. The normalized spacial score (nSPS) is 9.19. The molecule has 0 saturated carbocycles. The SMILES string of the molecule is COc1ccc(F)cc1C#CCSC(C)=O. The fourth-order valence-electron chi connectivity index (χ4n) is 1.05. The zero-order valence-electron chi connectivity index (χ0n) is 9.04. The molecule has 0 aromatic heterocycles. The number of carbonyl (C=O) groups excluding carboxylic acids is 1. The van der Waals surface area contributed by atoms with Gasteiger partial charge in [-0.3, -0.25) is 4.79 Å². The highest BCUT2D eigenvalue weighted by Crippen LogP contribution is 2.17. The number of hydrogen-bond donors (Lipinski definition) is 0. The van der Waals surface area contributed by atoms with Crippen LogP contribution in [0.15, 0.2) is 18.2 Å². The van der Waals surface area contributed by atoms with E-state index in [0.717, 1.165) is 11.8 Å². The molecule has 16 heavy (non-hydrogen) atoms. The van der Waals surface area contributed by atoms with Crippen LogP contribution in [0, 0.1) is 17.7 Å². The van der Waals surface area contributed by atoms with Crippen LogP contribution in [0.3, 0.4) is 0 Å². The predicted octanol–water partition coefficient (Wildman–Crippen LogP) is 2.47. The Bertz CT molecular complexity index is 446. The summed E-state index contributed by atoms with van der Waals surface area (Å²) in [6.07, 6.45) is 0. The second-order valence-electron chi connectivity index (χ2n) is 2.93. The molecule has 1 rings (SSSR count). The number of rotatable bonds is 2. The van der Waals surface area contributed by atoms with Crippen LogP contribution in [-0.2, 0) is 4.79 Å². The molecule has 4 heteroatoms. The van der Waals surface area contributed by atoms with E-state index in [1.165, 1.54) is 32.2 Å². The van der Waals surface area contributed by atoms with Gasteiger partial charge in [-0.1, -0.05) is 23.6 Å². The van der Waals surface area contributed by atoms with E-state index < -0.39 is 0 Å². The topological polar surface area (TPSA) is 26.3 Å². The molecule has 2 nitrogen and oxygen atoms in total. The summed E-state index contributed by atoms with van der Waals surface area (Å²) in [5, 5.41) is 0.0144. The van der Waals surface area contributed by atoms with Crippen LogP contribution in [-0.4, -0.2) is 18.0 Å². The summed E-state index contributed by atoms with van der Waals surface area (Å²) in [7, 11) is 1.50. The Balaban J connectivity index is 2.78. The van der Waals surface area contributed by atoms with E-state index in [2.05, 4.69) is 11.8 Å². The minimum atomic E-state index is -0.357. The maximum atomic E-state index is 12.9. The summed E-state index contributed by atoms with van der Waals surface area (Å²) >= 11 is 1.12. The molecule has 0 spiro atoms. The van der Waals surface area contributed by atoms with Gasteiger partial charge in [0, 0.05) is 6.92 Å². The first kappa shape index (κ1) is 12.6. The van der Waals surface area contributed by atoms with Crippen LogP contribution in [0.25, 0.3) is 0 Å². The van der Waals surface area contributed by atoms with Gasteiger partial charge >= 0.3 is 0 Å². The lowest BCUT2D eigenvalue weighted by molar-refractivity contribution is -0.109. The van der Waals surface area contributed by atoms with Crippen LogP contribution in [0.5, 0.6) is 5.75 Å². The Morgan fingerprint density at radius 1 is 1.56 bits per heavy atom. The van der Waals surface area contributed by atoms with Gasteiger partial charge in [-0.25, -0.2) is 4.39 Å². The minimum Gasteiger partial charge on any atom is -0.495 e. The zero-order chi connectivity index (χ0) is 12.0. The fraction of sp³-hybridized carbons (Fsp3) is 0.250. The molecule has 0 unspecified atom stereocenters. The van der Waals surface area contributed by atoms with Gasteiger partial charge in [-0.2, -0.15) is 0 Å². The van der Waals surface area contributed by atoms with E-state index in [0.29, 0.717) is 17.1 Å². The minimum absolute atomic E-state index is 0.0144. The van der Waals surface area contributed by atoms with Crippen molar-refractivity contribution in [3.8, 4) is 17.6 Å². The summed E-state index contributed by atoms with van der Waals surface area (Å²) in [5.41, 5.74) is 0.492. The molecule has 0 fully saturated rings. The second kappa shape index (κ2) is 6.19. The Kier molecular flexibility index (Phi) is 4.87. The van der Waals surface area contributed by atoms with Gasteiger partial charge in [0.1, 0.15) is 11.6 Å². The second-order valence-corrected chi connectivity index (χ2v) is 4.08. The number of methoxy groups -OCH3 is 1. The first-order valence-corrected chi connectivity index (χ1v) is 5.58.